The van der Waals surface area contributed by atoms with E-state index in [1.807, 2.05) is 0 Å². The number of hydrogen-bond acceptors (Lipinski definition) is 5. The molecule has 2 aromatic heterocycles. The van der Waals surface area contributed by atoms with Gasteiger partial charge in [0.2, 0.25) is 0 Å². The van der Waals surface area contributed by atoms with Crippen molar-refractivity contribution in [1.29, 1.82) is 0 Å². The van der Waals surface area contributed by atoms with E-state index in [9.17, 15) is 4.79 Å². The first-order valence-corrected chi connectivity index (χ1v) is 6.53. The van der Waals surface area contributed by atoms with E-state index in [2.05, 4.69) is 27.5 Å². The van der Waals surface area contributed by atoms with Crippen LogP contribution in [-0.4, -0.2) is 38.1 Å². The summed E-state index contributed by atoms with van der Waals surface area (Å²) < 4.78 is 1.23. The molecule has 0 aliphatic carbocycles. The molecule has 1 unspecified atom stereocenters. The molecule has 3 N–H and O–H groups in total. The van der Waals surface area contributed by atoms with E-state index in [4.69, 9.17) is 5.11 Å². The zero-order valence-electron chi connectivity index (χ0n) is 11.0. The Morgan fingerprint density at radius 1 is 1.47 bits per heavy atom. The van der Waals surface area contributed by atoms with Crippen LogP contribution in [0.15, 0.2) is 16.9 Å². The largest absolute Gasteiger partial charge is 0.396 e. The third-order valence-electron chi connectivity index (χ3n) is 3.08. The molecule has 0 aliphatic rings. The van der Waals surface area contributed by atoms with Crippen molar-refractivity contribution in [2.75, 3.05) is 18.5 Å². The Balaban J connectivity index is 2.03. The summed E-state index contributed by atoms with van der Waals surface area (Å²) >= 11 is 0. The maximum atomic E-state index is 11.4. The Bertz CT molecular complexity index is 571. The molecule has 2 heterocycles. The lowest BCUT2D eigenvalue weighted by Gasteiger charge is -2.15. The Labute approximate surface area is 110 Å². The topological polar surface area (TPSA) is 95.3 Å². The normalized spacial score (nSPS) is 12.7. The SMILES string of the molecule is CCCC(CCO)CNc1ccc2n[nH]c(=O)n2n1. The van der Waals surface area contributed by atoms with Crippen LogP contribution in [0.1, 0.15) is 26.2 Å². The molecule has 19 heavy (non-hydrogen) atoms. The number of aliphatic hydroxyl groups is 1. The summed E-state index contributed by atoms with van der Waals surface area (Å²) in [7, 11) is 0. The van der Waals surface area contributed by atoms with Gasteiger partial charge in [0.25, 0.3) is 0 Å². The third-order valence-corrected chi connectivity index (χ3v) is 3.08. The predicted molar refractivity (Wildman–Crippen MR) is 72.2 cm³/mol. The lowest BCUT2D eigenvalue weighted by atomic mass is 10.0. The zero-order valence-corrected chi connectivity index (χ0v) is 11.0. The van der Waals surface area contributed by atoms with Crippen LogP contribution in [-0.2, 0) is 0 Å². The fourth-order valence-corrected chi connectivity index (χ4v) is 2.09. The molecular weight excluding hydrogens is 246 g/mol. The number of hydrogen-bond donors (Lipinski definition) is 3. The number of H-pyrrole nitrogens is 1. The minimum atomic E-state index is -0.348. The van der Waals surface area contributed by atoms with Crippen LogP contribution in [0.3, 0.4) is 0 Å². The molecule has 104 valence electrons. The molecule has 0 aromatic carbocycles. The van der Waals surface area contributed by atoms with Crippen molar-refractivity contribution in [2.45, 2.75) is 26.2 Å². The van der Waals surface area contributed by atoms with Gasteiger partial charge >= 0.3 is 5.69 Å². The third kappa shape index (κ3) is 3.31. The van der Waals surface area contributed by atoms with Crippen LogP contribution >= 0.6 is 0 Å². The second-order valence-corrected chi connectivity index (χ2v) is 4.57. The van der Waals surface area contributed by atoms with E-state index >= 15 is 0 Å². The monoisotopic (exact) mass is 265 g/mol. The summed E-state index contributed by atoms with van der Waals surface area (Å²) in [4.78, 5) is 11.4. The van der Waals surface area contributed by atoms with Gasteiger partial charge in [-0.25, -0.2) is 9.89 Å². The van der Waals surface area contributed by atoms with Crippen molar-refractivity contribution in [3.8, 4) is 0 Å². The summed E-state index contributed by atoms with van der Waals surface area (Å²) in [5, 5.41) is 22.5. The lowest BCUT2D eigenvalue weighted by molar-refractivity contribution is 0.255. The van der Waals surface area contributed by atoms with E-state index < -0.39 is 0 Å². The van der Waals surface area contributed by atoms with Crippen LogP contribution in [0, 0.1) is 5.92 Å². The highest BCUT2D eigenvalue weighted by atomic mass is 16.3. The summed E-state index contributed by atoms with van der Waals surface area (Å²) in [6, 6.07) is 3.52. The van der Waals surface area contributed by atoms with Gasteiger partial charge in [0.1, 0.15) is 5.82 Å². The van der Waals surface area contributed by atoms with Crippen LogP contribution in [0.4, 0.5) is 5.82 Å². The molecule has 1 atom stereocenters. The molecule has 0 amide bonds. The smallest absolute Gasteiger partial charge is 0.364 e. The van der Waals surface area contributed by atoms with Crippen molar-refractivity contribution in [3.05, 3.63) is 22.6 Å². The Kier molecular flexibility index (Phi) is 4.51. The van der Waals surface area contributed by atoms with E-state index in [1.54, 1.807) is 12.1 Å². The number of anilines is 1. The molecule has 0 aliphatic heterocycles. The Hall–Kier alpha value is -1.89. The second kappa shape index (κ2) is 6.33. The van der Waals surface area contributed by atoms with Gasteiger partial charge in [-0.1, -0.05) is 13.3 Å². The fraction of sp³-hybridized carbons (Fsp3) is 0.583. The van der Waals surface area contributed by atoms with Crippen LogP contribution in [0.25, 0.3) is 5.65 Å². The highest BCUT2D eigenvalue weighted by Gasteiger charge is 2.08. The number of nitrogens with zero attached hydrogens (tertiary/aromatic N) is 3. The molecule has 0 radical (unpaired) electrons. The predicted octanol–water partition coefficient (Wildman–Crippen LogP) is 0.628. The fourth-order valence-electron chi connectivity index (χ4n) is 2.09. The molecule has 2 aromatic rings. The molecule has 0 saturated heterocycles. The number of rotatable bonds is 7. The van der Waals surface area contributed by atoms with Crippen LogP contribution < -0.4 is 11.0 Å². The molecule has 0 spiro atoms. The van der Waals surface area contributed by atoms with Gasteiger partial charge in [0.05, 0.1) is 0 Å². The van der Waals surface area contributed by atoms with Crippen molar-refractivity contribution in [1.82, 2.24) is 19.8 Å². The lowest BCUT2D eigenvalue weighted by Crippen LogP contribution is -2.18. The van der Waals surface area contributed by atoms with Crippen molar-refractivity contribution >= 4 is 11.5 Å². The summed E-state index contributed by atoms with van der Waals surface area (Å²) in [6.07, 6.45) is 2.91. The van der Waals surface area contributed by atoms with Crippen molar-refractivity contribution in [3.63, 3.8) is 0 Å². The highest BCUT2D eigenvalue weighted by Crippen LogP contribution is 2.12. The first kappa shape index (κ1) is 13.5. The zero-order chi connectivity index (χ0) is 13.7. The van der Waals surface area contributed by atoms with E-state index in [-0.39, 0.29) is 12.3 Å². The number of nitrogens with one attached hydrogen (secondary N) is 2. The maximum Gasteiger partial charge on any atom is 0.364 e. The summed E-state index contributed by atoms with van der Waals surface area (Å²) in [5.74, 6) is 1.05. The molecule has 0 fully saturated rings. The van der Waals surface area contributed by atoms with E-state index in [1.165, 1.54) is 4.52 Å². The van der Waals surface area contributed by atoms with Crippen LogP contribution in [0.5, 0.6) is 0 Å². The Morgan fingerprint density at radius 3 is 3.05 bits per heavy atom. The number of fused-ring (bicyclic) bond motifs is 1. The van der Waals surface area contributed by atoms with Gasteiger partial charge in [-0.05, 0) is 30.9 Å². The summed E-state index contributed by atoms with van der Waals surface area (Å²) in [5.41, 5.74) is 0.148. The van der Waals surface area contributed by atoms with Crippen molar-refractivity contribution in [2.24, 2.45) is 5.92 Å². The molecule has 7 nitrogen and oxygen atoms in total. The molecular formula is C12H19N5O2. The number of aliphatic hydroxyl groups excluding tert-OH is 1. The molecule has 2 rings (SSSR count). The number of aromatic nitrogens is 4. The minimum Gasteiger partial charge on any atom is -0.396 e. The average molecular weight is 265 g/mol. The van der Waals surface area contributed by atoms with Gasteiger partial charge in [-0.3, -0.25) is 0 Å². The van der Waals surface area contributed by atoms with E-state index in [0.29, 0.717) is 17.4 Å². The summed E-state index contributed by atoms with van der Waals surface area (Å²) in [6.45, 7) is 3.05. The maximum absolute atomic E-state index is 11.4. The quantitative estimate of drug-likeness (QED) is 0.682. The second-order valence-electron chi connectivity index (χ2n) is 4.57. The minimum absolute atomic E-state index is 0.194. The van der Waals surface area contributed by atoms with Gasteiger partial charge in [-0.2, -0.15) is 9.61 Å². The van der Waals surface area contributed by atoms with Crippen molar-refractivity contribution < 1.29 is 5.11 Å². The standard InChI is InChI=1S/C12H19N5O2/c1-2-3-9(6-7-18)8-13-10-4-5-11-14-15-12(19)17(11)16-10/h4-5,9,18H,2-3,6-8H2,1H3,(H,13,16)(H,15,19). The van der Waals surface area contributed by atoms with Gasteiger partial charge in [0.15, 0.2) is 5.65 Å². The van der Waals surface area contributed by atoms with Gasteiger partial charge < -0.3 is 10.4 Å². The molecule has 7 heteroatoms. The first-order valence-electron chi connectivity index (χ1n) is 6.53. The Morgan fingerprint density at radius 2 is 2.32 bits per heavy atom. The van der Waals surface area contributed by atoms with E-state index in [0.717, 1.165) is 25.8 Å². The van der Waals surface area contributed by atoms with Gasteiger partial charge in [-0.15, -0.1) is 5.10 Å². The molecule has 0 bridgehead atoms. The van der Waals surface area contributed by atoms with Gasteiger partial charge in [0, 0.05) is 13.2 Å². The molecule has 0 saturated carbocycles. The first-order chi connectivity index (χ1) is 9.24. The van der Waals surface area contributed by atoms with Crippen LogP contribution in [0.2, 0.25) is 0 Å². The average Bonchev–Trinajstić information content (AvgIpc) is 2.78. The highest BCUT2D eigenvalue weighted by molar-refractivity contribution is 5.42. The number of aromatic amines is 1.